The summed E-state index contributed by atoms with van der Waals surface area (Å²) in [7, 11) is 0. The summed E-state index contributed by atoms with van der Waals surface area (Å²) in [6.45, 7) is -2.74. The second kappa shape index (κ2) is 3.31. The summed E-state index contributed by atoms with van der Waals surface area (Å²) in [6.07, 6.45) is 5.99. The Balaban J connectivity index is 2.74. The van der Waals surface area contributed by atoms with Crippen LogP contribution in [-0.2, 0) is 0 Å². The molecule has 0 unspecified atom stereocenters. The average molecular weight is 210 g/mol. The molecule has 15 heavy (non-hydrogen) atoms. The lowest BCUT2D eigenvalue weighted by Gasteiger charge is -2.01. The molecule has 0 aliphatic carbocycles. The summed E-state index contributed by atoms with van der Waals surface area (Å²) in [5.41, 5.74) is 0.299. The molecule has 0 radical (unpaired) electrons. The predicted molar refractivity (Wildman–Crippen MR) is 48.9 cm³/mol. The number of benzene rings is 1. The van der Waals surface area contributed by atoms with Gasteiger partial charge in [0.05, 0.1) is 16.6 Å². The summed E-state index contributed by atoms with van der Waals surface area (Å²) < 4.78 is 38.6. The van der Waals surface area contributed by atoms with Crippen molar-refractivity contribution < 1.29 is 13.2 Å². The molecule has 0 amide bonds. The molecule has 0 aliphatic rings. The van der Waals surface area contributed by atoms with Gasteiger partial charge in [-0.15, -0.1) is 6.42 Å². The van der Waals surface area contributed by atoms with Crippen molar-refractivity contribution in [1.82, 2.24) is 9.55 Å². The zero-order valence-corrected chi connectivity index (χ0v) is 7.42. The van der Waals surface area contributed by atoms with Crippen LogP contribution in [0.15, 0.2) is 18.5 Å². The SMILES string of the molecule is C#Cc1cc2ncn(C(F)F)c2cc1F. The van der Waals surface area contributed by atoms with E-state index in [2.05, 4.69) is 10.9 Å². The van der Waals surface area contributed by atoms with E-state index < -0.39 is 12.4 Å². The highest BCUT2D eigenvalue weighted by molar-refractivity contribution is 5.77. The van der Waals surface area contributed by atoms with Gasteiger partial charge in [-0.25, -0.2) is 9.37 Å². The first-order valence-corrected chi connectivity index (χ1v) is 4.04. The number of alkyl halides is 2. The zero-order chi connectivity index (χ0) is 11.0. The summed E-state index contributed by atoms with van der Waals surface area (Å²) in [6, 6.07) is 2.23. The van der Waals surface area contributed by atoms with Crippen molar-refractivity contribution in [2.75, 3.05) is 0 Å². The Morgan fingerprint density at radius 1 is 1.40 bits per heavy atom. The van der Waals surface area contributed by atoms with Crippen LogP contribution in [0.25, 0.3) is 11.0 Å². The third-order valence-corrected chi connectivity index (χ3v) is 2.03. The molecule has 0 aliphatic heterocycles. The van der Waals surface area contributed by atoms with Gasteiger partial charge < -0.3 is 0 Å². The van der Waals surface area contributed by atoms with Crippen molar-refractivity contribution in [3.05, 3.63) is 29.8 Å². The molecule has 1 aromatic heterocycles. The quantitative estimate of drug-likeness (QED) is 0.661. The Morgan fingerprint density at radius 2 is 2.13 bits per heavy atom. The Kier molecular flexibility index (Phi) is 2.12. The molecule has 2 rings (SSSR count). The van der Waals surface area contributed by atoms with E-state index >= 15 is 0 Å². The van der Waals surface area contributed by atoms with E-state index in [1.807, 2.05) is 0 Å². The van der Waals surface area contributed by atoms with Crippen LogP contribution in [0.4, 0.5) is 13.2 Å². The van der Waals surface area contributed by atoms with Gasteiger partial charge in [0.1, 0.15) is 12.1 Å². The van der Waals surface area contributed by atoms with E-state index in [0.717, 1.165) is 12.4 Å². The van der Waals surface area contributed by atoms with Gasteiger partial charge in [0.2, 0.25) is 0 Å². The van der Waals surface area contributed by atoms with Gasteiger partial charge in [0.25, 0.3) is 0 Å². The highest BCUT2D eigenvalue weighted by atomic mass is 19.3. The first kappa shape index (κ1) is 9.59. The lowest BCUT2D eigenvalue weighted by atomic mass is 10.2. The molecule has 0 atom stereocenters. The van der Waals surface area contributed by atoms with Gasteiger partial charge in [-0.3, -0.25) is 4.57 Å². The highest BCUT2D eigenvalue weighted by Crippen LogP contribution is 2.22. The number of imidazole rings is 1. The molecule has 0 saturated heterocycles. The summed E-state index contributed by atoms with van der Waals surface area (Å²) in [4.78, 5) is 3.71. The molecule has 0 N–H and O–H groups in total. The van der Waals surface area contributed by atoms with Gasteiger partial charge in [-0.2, -0.15) is 8.78 Å². The minimum absolute atomic E-state index is 0.0158. The molecule has 0 fully saturated rings. The molecule has 5 heteroatoms. The van der Waals surface area contributed by atoms with Crippen LogP contribution in [0.3, 0.4) is 0 Å². The second-order valence-electron chi connectivity index (χ2n) is 2.89. The smallest absolute Gasteiger partial charge is 0.273 e. The number of hydrogen-bond acceptors (Lipinski definition) is 1. The largest absolute Gasteiger partial charge is 0.320 e. The fourth-order valence-corrected chi connectivity index (χ4v) is 1.31. The number of nitrogens with zero attached hydrogens (tertiary/aromatic N) is 2. The highest BCUT2D eigenvalue weighted by Gasteiger charge is 2.13. The standard InChI is InChI=1S/C10H5F3N2/c1-2-6-3-8-9(4-7(6)11)15(5-14-8)10(12)13/h1,3-5,10H. The van der Waals surface area contributed by atoms with Gasteiger partial charge in [0, 0.05) is 6.07 Å². The van der Waals surface area contributed by atoms with Gasteiger partial charge >= 0.3 is 6.55 Å². The van der Waals surface area contributed by atoms with Crippen LogP contribution in [0, 0.1) is 18.2 Å². The molecule has 1 aromatic carbocycles. The second-order valence-corrected chi connectivity index (χ2v) is 2.89. The first-order valence-electron chi connectivity index (χ1n) is 4.04. The van der Waals surface area contributed by atoms with E-state index in [-0.39, 0.29) is 16.6 Å². The Morgan fingerprint density at radius 3 is 2.73 bits per heavy atom. The maximum absolute atomic E-state index is 13.2. The normalized spacial score (nSPS) is 10.9. The van der Waals surface area contributed by atoms with E-state index in [1.165, 1.54) is 6.07 Å². The van der Waals surface area contributed by atoms with E-state index in [0.29, 0.717) is 4.57 Å². The maximum Gasteiger partial charge on any atom is 0.320 e. The minimum Gasteiger partial charge on any atom is -0.273 e. The zero-order valence-electron chi connectivity index (χ0n) is 7.42. The van der Waals surface area contributed by atoms with Crippen molar-refractivity contribution in [3.63, 3.8) is 0 Å². The fraction of sp³-hybridized carbons (Fsp3) is 0.100. The molecule has 1 heterocycles. The number of fused-ring (bicyclic) bond motifs is 1. The van der Waals surface area contributed by atoms with Crippen molar-refractivity contribution in [1.29, 1.82) is 0 Å². The first-order chi connectivity index (χ1) is 7.13. The topological polar surface area (TPSA) is 17.8 Å². The third kappa shape index (κ3) is 1.44. The fourth-order valence-electron chi connectivity index (χ4n) is 1.31. The molecule has 2 nitrogen and oxygen atoms in total. The molecular weight excluding hydrogens is 205 g/mol. The number of hydrogen-bond donors (Lipinski definition) is 0. The van der Waals surface area contributed by atoms with Gasteiger partial charge in [0.15, 0.2) is 0 Å². The summed E-state index contributed by atoms with van der Waals surface area (Å²) >= 11 is 0. The predicted octanol–water partition coefficient (Wildman–Crippen LogP) is 2.55. The summed E-state index contributed by atoms with van der Waals surface area (Å²) in [5.74, 6) is 1.41. The maximum atomic E-state index is 13.2. The van der Waals surface area contributed by atoms with Gasteiger partial charge in [-0.05, 0) is 6.07 Å². The lowest BCUT2D eigenvalue weighted by molar-refractivity contribution is 0.0745. The number of terminal acetylenes is 1. The van der Waals surface area contributed by atoms with E-state index in [4.69, 9.17) is 6.42 Å². The van der Waals surface area contributed by atoms with Gasteiger partial charge in [-0.1, -0.05) is 5.92 Å². The Bertz CT molecular complexity index is 552. The third-order valence-electron chi connectivity index (χ3n) is 2.03. The van der Waals surface area contributed by atoms with E-state index in [9.17, 15) is 13.2 Å². The average Bonchev–Trinajstić information content (AvgIpc) is 2.59. The van der Waals surface area contributed by atoms with Crippen LogP contribution >= 0.6 is 0 Å². The van der Waals surface area contributed by atoms with Crippen LogP contribution in [-0.4, -0.2) is 9.55 Å². The minimum atomic E-state index is -2.74. The molecule has 2 aromatic rings. The van der Waals surface area contributed by atoms with E-state index in [1.54, 1.807) is 0 Å². The van der Waals surface area contributed by atoms with Crippen LogP contribution in [0.5, 0.6) is 0 Å². The Labute approximate surface area is 83.3 Å². The van der Waals surface area contributed by atoms with Crippen molar-refractivity contribution >= 4 is 11.0 Å². The molecule has 0 spiro atoms. The van der Waals surface area contributed by atoms with Crippen molar-refractivity contribution in [3.8, 4) is 12.3 Å². The van der Waals surface area contributed by atoms with Crippen LogP contribution < -0.4 is 0 Å². The van der Waals surface area contributed by atoms with Crippen LogP contribution in [0.1, 0.15) is 12.1 Å². The number of halogens is 3. The lowest BCUT2D eigenvalue weighted by Crippen LogP contribution is -1.96. The van der Waals surface area contributed by atoms with Crippen molar-refractivity contribution in [2.24, 2.45) is 0 Å². The monoisotopic (exact) mass is 210 g/mol. The molecule has 76 valence electrons. The van der Waals surface area contributed by atoms with Crippen LogP contribution in [0.2, 0.25) is 0 Å². The van der Waals surface area contributed by atoms with Crippen molar-refractivity contribution in [2.45, 2.75) is 6.55 Å². The number of aromatic nitrogens is 2. The molecule has 0 bridgehead atoms. The number of rotatable bonds is 1. The molecular formula is C10H5F3N2. The Hall–Kier alpha value is -1.96. The molecule has 0 saturated carbocycles. The summed E-state index contributed by atoms with van der Waals surface area (Å²) in [5, 5.41) is 0.